The Hall–Kier alpha value is -3.35. The van der Waals surface area contributed by atoms with Gasteiger partial charge in [-0.05, 0) is 38.1 Å². The summed E-state index contributed by atoms with van der Waals surface area (Å²) in [5, 5.41) is 8.19. The first kappa shape index (κ1) is 20.9. The molecule has 0 fully saturated rings. The first-order chi connectivity index (χ1) is 15.0. The number of nitrogens with zero attached hydrogens (tertiary/aromatic N) is 4. The molecule has 2 aromatic carbocycles. The van der Waals surface area contributed by atoms with Crippen molar-refractivity contribution in [2.45, 2.75) is 32.8 Å². The molecule has 7 heteroatoms. The van der Waals surface area contributed by atoms with Gasteiger partial charge in [0.1, 0.15) is 11.9 Å². The van der Waals surface area contributed by atoms with E-state index in [1.807, 2.05) is 56.4 Å². The monoisotopic (exact) mass is 420 g/mol. The lowest BCUT2D eigenvalue weighted by molar-refractivity contribution is -0.131. The second-order valence-corrected chi connectivity index (χ2v) is 7.89. The zero-order valence-electron chi connectivity index (χ0n) is 18.2. The minimum absolute atomic E-state index is 0.0283. The number of hydrogen-bond acceptors (Lipinski definition) is 6. The van der Waals surface area contributed by atoms with Crippen LogP contribution in [-0.4, -0.2) is 53.8 Å². The van der Waals surface area contributed by atoms with Crippen molar-refractivity contribution >= 4 is 11.6 Å². The maximum atomic E-state index is 12.7. The van der Waals surface area contributed by atoms with Crippen LogP contribution in [-0.2, 0) is 11.2 Å². The van der Waals surface area contributed by atoms with Gasteiger partial charge in [-0.25, -0.2) is 0 Å². The van der Waals surface area contributed by atoms with Crippen LogP contribution >= 0.6 is 0 Å². The highest BCUT2D eigenvalue weighted by atomic mass is 16.5. The molecular formula is C24H28N4O3. The van der Waals surface area contributed by atoms with E-state index in [2.05, 4.69) is 28.1 Å². The number of anilines is 1. The van der Waals surface area contributed by atoms with Crippen molar-refractivity contribution in [1.29, 1.82) is 0 Å². The molecule has 0 bridgehead atoms. The van der Waals surface area contributed by atoms with Gasteiger partial charge in [0, 0.05) is 32.0 Å². The quantitative estimate of drug-likeness (QED) is 0.580. The van der Waals surface area contributed by atoms with Crippen LogP contribution in [0.4, 0.5) is 5.69 Å². The maximum Gasteiger partial charge on any atom is 0.247 e. The Balaban J connectivity index is 1.31. The van der Waals surface area contributed by atoms with E-state index in [9.17, 15) is 4.79 Å². The summed E-state index contributed by atoms with van der Waals surface area (Å²) in [4.78, 5) is 16.7. The molecule has 0 saturated carbocycles. The molecule has 7 nitrogen and oxygen atoms in total. The Kier molecular flexibility index (Phi) is 6.21. The molecule has 2 heterocycles. The highest BCUT2D eigenvalue weighted by Crippen LogP contribution is 2.32. The van der Waals surface area contributed by atoms with Crippen molar-refractivity contribution in [1.82, 2.24) is 15.1 Å². The lowest BCUT2D eigenvalue weighted by atomic mass is 10.1. The molecule has 1 atom stereocenters. The average Bonchev–Trinajstić information content (AvgIpc) is 3.26. The summed E-state index contributed by atoms with van der Waals surface area (Å²) in [6.07, 6.45) is 0.657. The third-order valence-corrected chi connectivity index (χ3v) is 5.53. The van der Waals surface area contributed by atoms with Gasteiger partial charge in [-0.15, -0.1) is 10.2 Å². The molecular weight excluding hydrogens is 392 g/mol. The number of carbonyl (C=O) groups excluding carboxylic acids is 1. The van der Waals surface area contributed by atoms with Crippen molar-refractivity contribution < 1.29 is 13.9 Å². The number of aryl methyl sites for hydroxylation is 2. The second kappa shape index (κ2) is 9.20. The Morgan fingerprint density at radius 1 is 1.16 bits per heavy atom. The first-order valence-electron chi connectivity index (χ1n) is 10.7. The van der Waals surface area contributed by atoms with E-state index in [0.29, 0.717) is 31.2 Å². The predicted octanol–water partition coefficient (Wildman–Crippen LogP) is 3.72. The smallest absolute Gasteiger partial charge is 0.247 e. The van der Waals surface area contributed by atoms with Crippen molar-refractivity contribution in [3.8, 4) is 17.2 Å². The number of benzene rings is 2. The highest BCUT2D eigenvalue weighted by molar-refractivity contribution is 5.76. The molecule has 0 N–H and O–H groups in total. The summed E-state index contributed by atoms with van der Waals surface area (Å²) in [7, 11) is 1.81. The van der Waals surface area contributed by atoms with Gasteiger partial charge in [-0.2, -0.15) is 0 Å². The number of amides is 1. The Bertz CT molecular complexity index is 1030. The first-order valence-corrected chi connectivity index (χ1v) is 10.7. The van der Waals surface area contributed by atoms with Crippen molar-refractivity contribution in [2.75, 3.05) is 31.6 Å². The van der Waals surface area contributed by atoms with Crippen LogP contribution in [0.1, 0.15) is 24.8 Å². The molecule has 3 aromatic rings. The van der Waals surface area contributed by atoms with E-state index in [-0.39, 0.29) is 12.0 Å². The number of carbonyl (C=O) groups is 1. The summed E-state index contributed by atoms with van der Waals surface area (Å²) in [6, 6.07) is 15.9. The number of aromatic nitrogens is 2. The van der Waals surface area contributed by atoms with E-state index in [0.717, 1.165) is 30.1 Å². The number of ether oxygens (including phenoxy) is 1. The molecule has 0 saturated heterocycles. The van der Waals surface area contributed by atoms with E-state index < -0.39 is 0 Å². The lowest BCUT2D eigenvalue weighted by Crippen LogP contribution is -2.46. The summed E-state index contributed by atoms with van der Waals surface area (Å²) < 4.78 is 11.9. The molecule has 1 amide bonds. The molecule has 1 unspecified atom stereocenters. The molecule has 162 valence electrons. The van der Waals surface area contributed by atoms with Gasteiger partial charge in [0.15, 0.2) is 0 Å². The number of para-hydroxylation sites is 2. The molecule has 1 aromatic heterocycles. The van der Waals surface area contributed by atoms with Gasteiger partial charge in [-0.3, -0.25) is 4.79 Å². The Labute approximate surface area is 182 Å². The molecule has 1 aliphatic rings. The topological polar surface area (TPSA) is 71.7 Å². The number of rotatable bonds is 7. The third-order valence-electron chi connectivity index (χ3n) is 5.53. The maximum absolute atomic E-state index is 12.7. The van der Waals surface area contributed by atoms with Gasteiger partial charge in [0.2, 0.25) is 17.7 Å². The van der Waals surface area contributed by atoms with Crippen LogP contribution in [0.3, 0.4) is 0 Å². The van der Waals surface area contributed by atoms with Crippen LogP contribution in [0.15, 0.2) is 52.9 Å². The van der Waals surface area contributed by atoms with Gasteiger partial charge in [-0.1, -0.05) is 29.8 Å². The van der Waals surface area contributed by atoms with Crippen molar-refractivity contribution in [3.63, 3.8) is 0 Å². The van der Waals surface area contributed by atoms with E-state index in [4.69, 9.17) is 9.15 Å². The van der Waals surface area contributed by atoms with Crippen molar-refractivity contribution in [3.05, 3.63) is 60.0 Å². The van der Waals surface area contributed by atoms with Crippen LogP contribution in [0.5, 0.6) is 5.75 Å². The van der Waals surface area contributed by atoms with Crippen LogP contribution in [0.2, 0.25) is 0 Å². The van der Waals surface area contributed by atoms with E-state index in [1.165, 1.54) is 5.56 Å². The fraction of sp³-hybridized carbons (Fsp3) is 0.375. The van der Waals surface area contributed by atoms with Crippen molar-refractivity contribution in [2.24, 2.45) is 0 Å². The molecule has 0 aliphatic carbocycles. The molecule has 31 heavy (non-hydrogen) atoms. The second-order valence-electron chi connectivity index (χ2n) is 7.89. The summed E-state index contributed by atoms with van der Waals surface area (Å²) >= 11 is 0. The summed E-state index contributed by atoms with van der Waals surface area (Å²) in [6.45, 7) is 6.34. The molecule has 4 rings (SSSR count). The van der Waals surface area contributed by atoms with Gasteiger partial charge in [0.05, 0.1) is 18.8 Å². The lowest BCUT2D eigenvalue weighted by Gasteiger charge is -2.37. The standard InChI is InChI=1S/C24H28N4O3/c1-4-28-16-19(30-21-8-6-5-7-20(21)28)15-27(3)23(29)14-13-22-25-26-24(31-22)18-11-9-17(2)10-12-18/h5-12,19H,4,13-16H2,1-3H3. The fourth-order valence-electron chi connectivity index (χ4n) is 3.75. The summed E-state index contributed by atoms with van der Waals surface area (Å²) in [5.74, 6) is 1.85. The average molecular weight is 421 g/mol. The zero-order valence-corrected chi connectivity index (χ0v) is 18.2. The normalized spacial score (nSPS) is 15.3. The molecule has 1 aliphatic heterocycles. The van der Waals surface area contributed by atoms with Gasteiger partial charge < -0.3 is 19.0 Å². The SMILES string of the molecule is CCN1CC(CN(C)C(=O)CCc2nnc(-c3ccc(C)cc3)o2)Oc2ccccc21. The predicted molar refractivity (Wildman–Crippen MR) is 119 cm³/mol. The number of likely N-dealkylation sites (N-methyl/N-ethyl adjacent to an activating group) is 2. The highest BCUT2D eigenvalue weighted by Gasteiger charge is 2.26. The van der Waals surface area contributed by atoms with Crippen LogP contribution < -0.4 is 9.64 Å². The Morgan fingerprint density at radius 2 is 1.94 bits per heavy atom. The fourth-order valence-corrected chi connectivity index (χ4v) is 3.75. The minimum atomic E-state index is -0.0691. The number of hydrogen-bond donors (Lipinski definition) is 0. The summed E-state index contributed by atoms with van der Waals surface area (Å²) in [5.41, 5.74) is 3.16. The Morgan fingerprint density at radius 3 is 2.71 bits per heavy atom. The minimum Gasteiger partial charge on any atom is -0.485 e. The van der Waals surface area contributed by atoms with E-state index in [1.54, 1.807) is 4.90 Å². The van der Waals surface area contributed by atoms with Crippen LogP contribution in [0, 0.1) is 6.92 Å². The molecule has 0 radical (unpaired) electrons. The largest absolute Gasteiger partial charge is 0.485 e. The third kappa shape index (κ3) is 4.87. The number of fused-ring (bicyclic) bond motifs is 1. The van der Waals surface area contributed by atoms with Gasteiger partial charge >= 0.3 is 0 Å². The van der Waals surface area contributed by atoms with Gasteiger partial charge in [0.25, 0.3) is 0 Å². The zero-order chi connectivity index (χ0) is 21.8. The van der Waals surface area contributed by atoms with Crippen LogP contribution in [0.25, 0.3) is 11.5 Å². The molecule has 0 spiro atoms. The van der Waals surface area contributed by atoms with E-state index >= 15 is 0 Å².